The Morgan fingerprint density at radius 3 is 2.36 bits per heavy atom. The summed E-state index contributed by atoms with van der Waals surface area (Å²) in [6.07, 6.45) is 5.59. The van der Waals surface area contributed by atoms with Crippen molar-refractivity contribution in [2.45, 2.75) is 32.1 Å². The molecule has 2 aliphatic heterocycles. The SMILES string of the molecule is Nc1cc2c(cc1C(=O)CCN1CCCCCC1)OCCO2. The standard InChI is InChI=1S/C17H24N2O3/c18-14-12-17-16(21-9-10-22-17)11-13(14)15(20)5-8-19-6-3-1-2-4-7-19/h11-12H,1-10,18H2. The Morgan fingerprint density at radius 1 is 1.05 bits per heavy atom. The quantitative estimate of drug-likeness (QED) is 0.684. The maximum Gasteiger partial charge on any atom is 0.166 e. The van der Waals surface area contributed by atoms with Crippen LogP contribution in [0, 0.1) is 0 Å². The average Bonchev–Trinajstić information content (AvgIpc) is 2.80. The summed E-state index contributed by atoms with van der Waals surface area (Å²) in [7, 11) is 0. The van der Waals surface area contributed by atoms with Crippen LogP contribution in [0.25, 0.3) is 0 Å². The molecule has 22 heavy (non-hydrogen) atoms. The zero-order valence-electron chi connectivity index (χ0n) is 13.0. The molecular formula is C17H24N2O3. The maximum atomic E-state index is 12.5. The summed E-state index contributed by atoms with van der Waals surface area (Å²) in [6, 6.07) is 3.43. The van der Waals surface area contributed by atoms with Gasteiger partial charge in [0, 0.05) is 30.3 Å². The molecule has 0 bridgehead atoms. The fourth-order valence-corrected chi connectivity index (χ4v) is 3.10. The highest BCUT2D eigenvalue weighted by Gasteiger charge is 2.19. The second-order valence-electron chi connectivity index (χ2n) is 6.01. The minimum atomic E-state index is 0.0821. The van der Waals surface area contributed by atoms with Crippen LogP contribution in [-0.4, -0.2) is 43.5 Å². The lowest BCUT2D eigenvalue weighted by molar-refractivity contribution is 0.0964. The van der Waals surface area contributed by atoms with Crippen LogP contribution in [0.2, 0.25) is 0 Å². The van der Waals surface area contributed by atoms with Crippen molar-refractivity contribution in [1.82, 2.24) is 4.90 Å². The van der Waals surface area contributed by atoms with Gasteiger partial charge in [0.1, 0.15) is 13.2 Å². The first-order valence-corrected chi connectivity index (χ1v) is 8.19. The number of carbonyl (C=O) groups excluding carboxylic acids is 1. The fraction of sp³-hybridized carbons (Fsp3) is 0.588. The van der Waals surface area contributed by atoms with Gasteiger partial charge in [0.25, 0.3) is 0 Å². The highest BCUT2D eigenvalue weighted by atomic mass is 16.6. The molecule has 0 atom stereocenters. The van der Waals surface area contributed by atoms with Crippen LogP contribution in [-0.2, 0) is 0 Å². The van der Waals surface area contributed by atoms with Crippen LogP contribution < -0.4 is 15.2 Å². The molecule has 3 rings (SSSR count). The van der Waals surface area contributed by atoms with Crippen molar-refractivity contribution in [1.29, 1.82) is 0 Å². The Hall–Kier alpha value is -1.75. The highest BCUT2D eigenvalue weighted by molar-refractivity contribution is 6.01. The molecule has 1 aromatic rings. The minimum absolute atomic E-state index is 0.0821. The van der Waals surface area contributed by atoms with Gasteiger partial charge in [-0.1, -0.05) is 12.8 Å². The van der Waals surface area contributed by atoms with Gasteiger partial charge in [-0.05, 0) is 32.0 Å². The molecule has 1 aromatic carbocycles. The summed E-state index contributed by atoms with van der Waals surface area (Å²) < 4.78 is 11.0. The van der Waals surface area contributed by atoms with Gasteiger partial charge < -0.3 is 20.1 Å². The number of nitrogens with two attached hydrogens (primary N) is 1. The number of likely N-dealkylation sites (tertiary alicyclic amines) is 1. The third-order valence-corrected chi connectivity index (χ3v) is 4.37. The molecule has 0 amide bonds. The van der Waals surface area contributed by atoms with E-state index < -0.39 is 0 Å². The molecule has 0 radical (unpaired) electrons. The number of anilines is 1. The van der Waals surface area contributed by atoms with Crippen molar-refractivity contribution in [3.05, 3.63) is 17.7 Å². The lowest BCUT2D eigenvalue weighted by Crippen LogP contribution is -2.27. The summed E-state index contributed by atoms with van der Waals surface area (Å²) in [4.78, 5) is 14.9. The van der Waals surface area contributed by atoms with Gasteiger partial charge in [-0.25, -0.2) is 0 Å². The van der Waals surface area contributed by atoms with Crippen LogP contribution in [0.1, 0.15) is 42.5 Å². The Morgan fingerprint density at radius 2 is 1.68 bits per heavy atom. The largest absolute Gasteiger partial charge is 0.486 e. The lowest BCUT2D eigenvalue weighted by atomic mass is 10.0. The van der Waals surface area contributed by atoms with Crippen molar-refractivity contribution < 1.29 is 14.3 Å². The van der Waals surface area contributed by atoms with E-state index in [-0.39, 0.29) is 5.78 Å². The zero-order chi connectivity index (χ0) is 15.4. The first-order chi connectivity index (χ1) is 10.7. The molecule has 0 spiro atoms. The number of rotatable bonds is 4. The third kappa shape index (κ3) is 3.53. The number of nitrogens with zero attached hydrogens (tertiary/aromatic N) is 1. The highest BCUT2D eigenvalue weighted by Crippen LogP contribution is 2.34. The average molecular weight is 304 g/mol. The lowest BCUT2D eigenvalue weighted by Gasteiger charge is -2.21. The van der Waals surface area contributed by atoms with E-state index in [1.54, 1.807) is 12.1 Å². The number of hydrogen-bond donors (Lipinski definition) is 1. The number of fused-ring (bicyclic) bond motifs is 1. The fourth-order valence-electron chi connectivity index (χ4n) is 3.10. The smallest absolute Gasteiger partial charge is 0.166 e. The zero-order valence-corrected chi connectivity index (χ0v) is 13.0. The van der Waals surface area contributed by atoms with Crippen molar-refractivity contribution in [2.24, 2.45) is 0 Å². The van der Waals surface area contributed by atoms with E-state index >= 15 is 0 Å². The second-order valence-corrected chi connectivity index (χ2v) is 6.01. The van der Waals surface area contributed by atoms with Gasteiger partial charge in [-0.2, -0.15) is 0 Å². The molecule has 5 heteroatoms. The van der Waals surface area contributed by atoms with Crippen LogP contribution >= 0.6 is 0 Å². The van der Waals surface area contributed by atoms with Crippen molar-refractivity contribution in [3.8, 4) is 11.5 Å². The van der Waals surface area contributed by atoms with Crippen LogP contribution in [0.4, 0.5) is 5.69 Å². The number of hydrogen-bond acceptors (Lipinski definition) is 5. The molecule has 0 saturated carbocycles. The number of ether oxygens (including phenoxy) is 2. The van der Waals surface area contributed by atoms with E-state index in [0.29, 0.717) is 42.4 Å². The summed E-state index contributed by atoms with van der Waals surface area (Å²) in [5, 5.41) is 0. The number of benzene rings is 1. The van der Waals surface area contributed by atoms with Crippen LogP contribution in [0.15, 0.2) is 12.1 Å². The van der Waals surface area contributed by atoms with E-state index in [9.17, 15) is 4.79 Å². The molecule has 2 heterocycles. The van der Waals surface area contributed by atoms with Crippen molar-refractivity contribution >= 4 is 11.5 Å². The summed E-state index contributed by atoms with van der Waals surface area (Å²) in [6.45, 7) is 4.05. The molecule has 1 fully saturated rings. The number of Topliss-reactive ketones (excluding diaryl/α,β-unsaturated/α-hetero) is 1. The molecule has 0 aliphatic carbocycles. The number of nitrogen functional groups attached to an aromatic ring is 1. The molecule has 0 aromatic heterocycles. The predicted molar refractivity (Wildman–Crippen MR) is 85.7 cm³/mol. The first kappa shape index (κ1) is 15.2. The molecule has 1 saturated heterocycles. The summed E-state index contributed by atoms with van der Waals surface area (Å²) in [5.74, 6) is 1.34. The molecule has 2 N–H and O–H groups in total. The molecule has 120 valence electrons. The van der Waals surface area contributed by atoms with Gasteiger partial charge in [0.15, 0.2) is 17.3 Å². The third-order valence-electron chi connectivity index (χ3n) is 4.37. The van der Waals surface area contributed by atoms with Gasteiger partial charge in [-0.15, -0.1) is 0 Å². The summed E-state index contributed by atoms with van der Waals surface area (Å²) >= 11 is 0. The Bertz CT molecular complexity index is 537. The van der Waals surface area contributed by atoms with E-state index in [0.717, 1.165) is 19.6 Å². The molecular weight excluding hydrogens is 280 g/mol. The molecule has 2 aliphatic rings. The molecule has 5 nitrogen and oxygen atoms in total. The van der Waals surface area contributed by atoms with Crippen molar-refractivity contribution in [3.63, 3.8) is 0 Å². The van der Waals surface area contributed by atoms with Crippen LogP contribution in [0.3, 0.4) is 0 Å². The van der Waals surface area contributed by atoms with E-state index in [1.165, 1.54) is 25.7 Å². The maximum absolute atomic E-state index is 12.5. The van der Waals surface area contributed by atoms with Crippen molar-refractivity contribution in [2.75, 3.05) is 38.6 Å². The number of carbonyl (C=O) groups is 1. The Balaban J connectivity index is 1.64. The monoisotopic (exact) mass is 304 g/mol. The van der Waals surface area contributed by atoms with E-state index in [1.807, 2.05) is 0 Å². The summed E-state index contributed by atoms with van der Waals surface area (Å²) in [5.41, 5.74) is 7.04. The normalized spacial score (nSPS) is 18.7. The van der Waals surface area contributed by atoms with Gasteiger partial charge in [0.05, 0.1) is 0 Å². The predicted octanol–water partition coefficient (Wildman–Crippen LogP) is 2.49. The van der Waals surface area contributed by atoms with Gasteiger partial charge in [0.2, 0.25) is 0 Å². The van der Waals surface area contributed by atoms with Crippen LogP contribution in [0.5, 0.6) is 11.5 Å². The first-order valence-electron chi connectivity index (χ1n) is 8.19. The van der Waals surface area contributed by atoms with E-state index in [4.69, 9.17) is 15.2 Å². The topological polar surface area (TPSA) is 64.8 Å². The van der Waals surface area contributed by atoms with E-state index in [2.05, 4.69) is 4.90 Å². The molecule has 0 unspecified atom stereocenters. The Labute approximate surface area is 131 Å². The minimum Gasteiger partial charge on any atom is -0.486 e. The second kappa shape index (κ2) is 7.01. The number of ketones is 1. The van der Waals surface area contributed by atoms with Gasteiger partial charge in [-0.3, -0.25) is 4.79 Å². The Kier molecular flexibility index (Phi) is 4.83. The van der Waals surface area contributed by atoms with Gasteiger partial charge >= 0.3 is 0 Å².